The number of likely N-dealkylation sites (tertiary alicyclic amines) is 1. The van der Waals surface area contributed by atoms with Crippen LogP contribution in [0.3, 0.4) is 0 Å². The lowest BCUT2D eigenvalue weighted by molar-refractivity contribution is 0.0985. The molecule has 1 fully saturated rings. The van der Waals surface area contributed by atoms with Crippen LogP contribution in [-0.4, -0.2) is 87.9 Å². The van der Waals surface area contributed by atoms with Gasteiger partial charge in [0.15, 0.2) is 0 Å². The predicted octanol–water partition coefficient (Wildman–Crippen LogP) is 5.05. The number of urea groups is 1. The zero-order valence-corrected chi connectivity index (χ0v) is 25.9. The molecule has 1 unspecified atom stereocenters. The van der Waals surface area contributed by atoms with Crippen molar-refractivity contribution in [3.63, 3.8) is 0 Å². The quantitative estimate of drug-likeness (QED) is 0.271. The predicted molar refractivity (Wildman–Crippen MR) is 172 cm³/mol. The molecule has 0 saturated carbocycles. The van der Waals surface area contributed by atoms with Crippen molar-refractivity contribution in [2.75, 3.05) is 50.8 Å². The monoisotopic (exact) mass is 643 g/mol. The van der Waals surface area contributed by atoms with Gasteiger partial charge in [-0.25, -0.2) is 18.6 Å². The van der Waals surface area contributed by atoms with E-state index in [0.717, 1.165) is 30.8 Å². The number of pyridine rings is 1. The molecule has 10 nitrogen and oxygen atoms in total. The number of aliphatic hydroxyl groups excluding tert-OH is 2. The Morgan fingerprint density at radius 3 is 2.60 bits per heavy atom. The fraction of sp³-hybridized carbons (Fsp3) is 0.343. The maximum Gasteiger partial charge on any atom is 0.320 e. The number of nitrogens with zero attached hydrogens (tertiary/aromatic N) is 4. The average Bonchev–Trinajstić information content (AvgIpc) is 3.42. The second-order valence-electron chi connectivity index (χ2n) is 12.2. The largest absolute Gasteiger partial charge is 0.491 e. The minimum atomic E-state index is -0.808. The van der Waals surface area contributed by atoms with E-state index in [1.165, 1.54) is 23.1 Å². The van der Waals surface area contributed by atoms with Crippen molar-refractivity contribution in [3.05, 3.63) is 82.7 Å². The van der Waals surface area contributed by atoms with Gasteiger partial charge in [0, 0.05) is 61.5 Å². The minimum Gasteiger partial charge on any atom is -0.491 e. The first kappa shape index (κ1) is 30.8. The van der Waals surface area contributed by atoms with Gasteiger partial charge in [0.1, 0.15) is 35.2 Å². The number of fused-ring (bicyclic) bond motifs is 2. The molecule has 3 N–H and O–H groups in total. The van der Waals surface area contributed by atoms with E-state index in [2.05, 4.69) is 9.97 Å². The van der Waals surface area contributed by atoms with Crippen molar-refractivity contribution in [2.24, 2.45) is 0 Å². The average molecular weight is 644 g/mol. The second kappa shape index (κ2) is 12.4. The fourth-order valence-electron chi connectivity index (χ4n) is 6.53. The van der Waals surface area contributed by atoms with Crippen LogP contribution in [0.25, 0.3) is 27.7 Å². The van der Waals surface area contributed by atoms with Crippen molar-refractivity contribution in [2.45, 2.75) is 32.3 Å². The first-order valence-corrected chi connectivity index (χ1v) is 15.8. The van der Waals surface area contributed by atoms with Crippen LogP contribution in [0.4, 0.5) is 19.3 Å². The van der Waals surface area contributed by atoms with E-state index in [1.54, 1.807) is 25.3 Å². The number of benzene rings is 2. The van der Waals surface area contributed by atoms with Gasteiger partial charge in [-0.15, -0.1) is 0 Å². The highest BCUT2D eigenvalue weighted by atomic mass is 19.1. The molecule has 2 aromatic heterocycles. The van der Waals surface area contributed by atoms with Gasteiger partial charge >= 0.3 is 6.03 Å². The SMILES string of the molecule is CC(CO)c1cc(F)c2c(c1)OCCN(c1cc(F)cc(-c3ccnc4[nH]c(C5=CCN(C(=O)N6CCC6)CC5)cc34)c1CO)C2=O. The van der Waals surface area contributed by atoms with Crippen LogP contribution in [0, 0.1) is 11.6 Å². The summed E-state index contributed by atoms with van der Waals surface area (Å²) in [6, 6.07) is 8.95. The molecule has 0 aliphatic carbocycles. The molecule has 47 heavy (non-hydrogen) atoms. The van der Waals surface area contributed by atoms with Gasteiger partial charge in [0.2, 0.25) is 0 Å². The molecular formula is C35H35F2N5O5. The Labute approximate surface area is 269 Å². The molecule has 0 radical (unpaired) electrons. The Kier molecular flexibility index (Phi) is 8.15. The van der Waals surface area contributed by atoms with E-state index in [9.17, 15) is 19.8 Å². The number of ether oxygens (including phenoxy) is 1. The summed E-state index contributed by atoms with van der Waals surface area (Å²) in [4.78, 5) is 39.3. The van der Waals surface area contributed by atoms with Crippen molar-refractivity contribution >= 4 is 34.2 Å². The van der Waals surface area contributed by atoms with Crippen LogP contribution in [0.1, 0.15) is 52.9 Å². The number of nitrogens with one attached hydrogen (secondary N) is 1. The summed E-state index contributed by atoms with van der Waals surface area (Å²) in [6.45, 7) is 3.69. The number of carbonyl (C=O) groups is 2. The minimum absolute atomic E-state index is 0.00267. The Bertz CT molecular complexity index is 1920. The van der Waals surface area contributed by atoms with E-state index >= 15 is 8.78 Å². The van der Waals surface area contributed by atoms with Gasteiger partial charge in [0.25, 0.3) is 5.91 Å². The molecule has 244 valence electrons. The normalized spacial score (nSPS) is 17.2. The van der Waals surface area contributed by atoms with Crippen molar-refractivity contribution < 1.29 is 33.3 Å². The third-order valence-electron chi connectivity index (χ3n) is 9.37. The van der Waals surface area contributed by atoms with Crippen molar-refractivity contribution in [1.29, 1.82) is 0 Å². The van der Waals surface area contributed by atoms with E-state index in [4.69, 9.17) is 4.74 Å². The fourth-order valence-corrected chi connectivity index (χ4v) is 6.53. The van der Waals surface area contributed by atoms with Crippen LogP contribution < -0.4 is 9.64 Å². The molecule has 1 atom stereocenters. The number of hydrogen-bond acceptors (Lipinski definition) is 6. The number of aromatic nitrogens is 2. The van der Waals surface area contributed by atoms with Crippen molar-refractivity contribution in [1.82, 2.24) is 19.8 Å². The van der Waals surface area contributed by atoms with Gasteiger partial charge in [-0.3, -0.25) is 4.79 Å². The summed E-state index contributed by atoms with van der Waals surface area (Å²) in [5.41, 5.74) is 4.00. The Morgan fingerprint density at radius 1 is 1.06 bits per heavy atom. The van der Waals surface area contributed by atoms with Gasteiger partial charge in [-0.05, 0) is 71.5 Å². The Morgan fingerprint density at radius 2 is 1.89 bits per heavy atom. The molecule has 0 bridgehead atoms. The van der Waals surface area contributed by atoms with E-state index < -0.39 is 24.1 Å². The smallest absolute Gasteiger partial charge is 0.320 e. The summed E-state index contributed by atoms with van der Waals surface area (Å²) in [5, 5.41) is 20.9. The molecule has 5 heterocycles. The summed E-state index contributed by atoms with van der Waals surface area (Å²) < 4.78 is 36.6. The summed E-state index contributed by atoms with van der Waals surface area (Å²) in [7, 11) is 0. The van der Waals surface area contributed by atoms with E-state index in [-0.39, 0.29) is 48.7 Å². The van der Waals surface area contributed by atoms with Crippen LogP contribution in [0.15, 0.2) is 48.7 Å². The third-order valence-corrected chi connectivity index (χ3v) is 9.37. The molecule has 1 saturated heterocycles. The Balaban J connectivity index is 1.25. The van der Waals surface area contributed by atoms with Gasteiger partial charge in [-0.2, -0.15) is 0 Å². The number of amides is 3. The second-order valence-corrected chi connectivity index (χ2v) is 12.2. The van der Waals surface area contributed by atoms with Gasteiger partial charge in [-0.1, -0.05) is 13.0 Å². The number of H-pyrrole nitrogens is 1. The number of halogens is 2. The molecule has 0 spiro atoms. The molecule has 2 aromatic carbocycles. The lowest BCUT2D eigenvalue weighted by Crippen LogP contribution is -2.50. The summed E-state index contributed by atoms with van der Waals surface area (Å²) in [5.74, 6) is -2.48. The summed E-state index contributed by atoms with van der Waals surface area (Å²) in [6.07, 6.45) is 5.32. The highest BCUT2D eigenvalue weighted by Gasteiger charge is 2.32. The van der Waals surface area contributed by atoms with Gasteiger partial charge in [0.05, 0.1) is 18.8 Å². The third kappa shape index (κ3) is 5.51. The van der Waals surface area contributed by atoms with Gasteiger partial charge < -0.3 is 34.6 Å². The first-order valence-electron chi connectivity index (χ1n) is 15.8. The number of aromatic amines is 1. The number of aliphatic hydroxyl groups is 2. The molecule has 4 aromatic rings. The molecule has 3 aliphatic heterocycles. The van der Waals surface area contributed by atoms with E-state index in [0.29, 0.717) is 52.8 Å². The highest BCUT2D eigenvalue weighted by molar-refractivity contribution is 6.09. The summed E-state index contributed by atoms with van der Waals surface area (Å²) >= 11 is 0. The van der Waals surface area contributed by atoms with Crippen molar-refractivity contribution in [3.8, 4) is 16.9 Å². The number of anilines is 1. The maximum absolute atomic E-state index is 15.4. The lowest BCUT2D eigenvalue weighted by atomic mass is 9.95. The zero-order chi connectivity index (χ0) is 32.8. The first-order chi connectivity index (χ1) is 22.8. The molecule has 7 rings (SSSR count). The molecule has 12 heteroatoms. The topological polar surface area (TPSA) is 122 Å². The molecule has 3 aliphatic rings. The zero-order valence-electron chi connectivity index (χ0n) is 25.9. The molecule has 3 amide bonds. The molecular weight excluding hydrogens is 608 g/mol. The van der Waals surface area contributed by atoms with Crippen LogP contribution in [-0.2, 0) is 6.61 Å². The Hall–Kier alpha value is -4.81. The van der Waals surface area contributed by atoms with Crippen LogP contribution in [0.2, 0.25) is 0 Å². The standard InChI is InChI=1S/C35H35F2N5O5/c1-20(18-43)22-13-28(37)32-31(14-22)47-12-11-42(34(32)45)30-16-23(36)15-25(27(30)19-44)24-3-6-38-33-26(24)17-29(39-33)21-4-9-41(10-5-21)35(46)40-7-2-8-40/h3-4,6,13-17,20,43-44H,2,5,7-12,18-19H2,1H3,(H,38,39). The lowest BCUT2D eigenvalue weighted by Gasteiger charge is -2.37. The maximum atomic E-state index is 15.4. The number of rotatable bonds is 6. The van der Waals surface area contributed by atoms with Crippen LogP contribution >= 0.6 is 0 Å². The number of carbonyl (C=O) groups excluding carboxylic acids is 2. The highest BCUT2D eigenvalue weighted by Crippen LogP contribution is 2.39. The number of hydrogen-bond donors (Lipinski definition) is 3. The van der Waals surface area contributed by atoms with E-state index in [1.807, 2.05) is 21.9 Å². The van der Waals surface area contributed by atoms with Crippen LogP contribution in [0.5, 0.6) is 5.75 Å².